The zero-order valence-corrected chi connectivity index (χ0v) is 21.6. The molecule has 0 saturated heterocycles. The maximum absolute atomic E-state index is 12.7. The molecule has 1 unspecified atom stereocenters. The number of methoxy groups -OCH3 is 4. The van der Waals surface area contributed by atoms with Crippen LogP contribution < -0.4 is 35.7 Å². The van der Waals surface area contributed by atoms with Crippen LogP contribution in [0, 0.1) is 0 Å². The van der Waals surface area contributed by atoms with E-state index in [0.29, 0.717) is 64.2 Å². The highest BCUT2D eigenvalue weighted by molar-refractivity contribution is 5.97. The lowest BCUT2D eigenvalue weighted by atomic mass is 10.0. The number of ether oxygens (including phenoxy) is 4. The number of rotatable bonds is 12. The fourth-order valence-electron chi connectivity index (χ4n) is 3.67. The summed E-state index contributed by atoms with van der Waals surface area (Å²) in [4.78, 5) is 12.7. The first-order valence-corrected chi connectivity index (χ1v) is 11.1. The molecule has 3 rings (SSSR count). The van der Waals surface area contributed by atoms with Gasteiger partial charge in [-0.15, -0.1) is 12.4 Å². The van der Waals surface area contributed by atoms with Crippen molar-refractivity contribution in [3.8, 4) is 45.5 Å². The summed E-state index contributed by atoms with van der Waals surface area (Å²) in [5.74, 6) is 1.64. The number of nitrogens with two attached hydrogens (primary N) is 2. The van der Waals surface area contributed by atoms with Gasteiger partial charge in [0, 0.05) is 11.1 Å². The number of hydrogen-bond donors (Lipinski definition) is 4. The number of aromatic amines is 1. The minimum Gasteiger partial charge on any atom is -0.495 e. The number of H-pyrrole nitrogens is 1. The topological polar surface area (TPSA) is 160 Å². The van der Waals surface area contributed by atoms with Gasteiger partial charge in [0.2, 0.25) is 11.7 Å². The molecular weight excluding hydrogens is 488 g/mol. The molecule has 11 nitrogen and oxygen atoms in total. The average Bonchev–Trinajstić information content (AvgIpc) is 3.37. The molecule has 1 amide bonds. The fourth-order valence-corrected chi connectivity index (χ4v) is 3.67. The quantitative estimate of drug-likeness (QED) is 0.263. The highest BCUT2D eigenvalue weighted by Gasteiger charge is 2.21. The summed E-state index contributed by atoms with van der Waals surface area (Å²) >= 11 is 0. The number of amides is 1. The summed E-state index contributed by atoms with van der Waals surface area (Å²) in [5, 5.41) is 14.2. The van der Waals surface area contributed by atoms with Gasteiger partial charge in [0.05, 0.1) is 40.2 Å². The summed E-state index contributed by atoms with van der Waals surface area (Å²) in [5.41, 5.74) is 14.6. The molecular formula is C24H33ClN6O5. The zero-order valence-electron chi connectivity index (χ0n) is 20.8. The van der Waals surface area contributed by atoms with Crippen molar-refractivity contribution in [1.82, 2.24) is 15.4 Å². The van der Waals surface area contributed by atoms with E-state index >= 15 is 0 Å². The Morgan fingerprint density at radius 3 is 2.08 bits per heavy atom. The first-order chi connectivity index (χ1) is 17.0. The molecule has 3 aromatic rings. The molecule has 0 fully saturated rings. The molecule has 0 saturated carbocycles. The van der Waals surface area contributed by atoms with Crippen molar-refractivity contribution in [2.45, 2.75) is 25.3 Å². The number of hydrogen-bond acceptors (Lipinski definition) is 9. The number of carbonyl (C=O) groups is 1. The summed E-state index contributed by atoms with van der Waals surface area (Å²) in [6.07, 6.45) is 2.13. The largest absolute Gasteiger partial charge is 0.495 e. The van der Waals surface area contributed by atoms with Crippen LogP contribution in [0.15, 0.2) is 30.3 Å². The van der Waals surface area contributed by atoms with Crippen molar-refractivity contribution < 1.29 is 23.7 Å². The van der Waals surface area contributed by atoms with E-state index in [0.717, 1.165) is 12.8 Å². The van der Waals surface area contributed by atoms with Gasteiger partial charge in [-0.1, -0.05) is 6.42 Å². The van der Waals surface area contributed by atoms with Crippen LogP contribution in [0.2, 0.25) is 0 Å². The molecule has 0 aliphatic carbocycles. The van der Waals surface area contributed by atoms with Gasteiger partial charge >= 0.3 is 0 Å². The predicted octanol–water partition coefficient (Wildman–Crippen LogP) is 2.99. The number of unbranched alkanes of at least 4 members (excludes halogenated alkanes) is 1. The van der Waals surface area contributed by atoms with Crippen LogP contribution >= 0.6 is 12.4 Å². The Morgan fingerprint density at radius 2 is 1.53 bits per heavy atom. The minimum atomic E-state index is -0.656. The Balaban J connectivity index is 0.00000456. The van der Waals surface area contributed by atoms with E-state index in [1.54, 1.807) is 45.6 Å². The number of anilines is 1. The third-order valence-corrected chi connectivity index (χ3v) is 5.52. The minimum absolute atomic E-state index is 0. The first-order valence-electron chi connectivity index (χ1n) is 11.1. The molecule has 12 heteroatoms. The van der Waals surface area contributed by atoms with Gasteiger partial charge in [-0.25, -0.2) is 0 Å². The van der Waals surface area contributed by atoms with Crippen LogP contribution in [0.4, 0.5) is 5.69 Å². The highest BCUT2D eigenvalue weighted by Crippen LogP contribution is 2.42. The van der Waals surface area contributed by atoms with E-state index in [9.17, 15) is 4.79 Å². The molecule has 36 heavy (non-hydrogen) atoms. The summed E-state index contributed by atoms with van der Waals surface area (Å²) in [6.45, 7) is 0.566. The second-order valence-corrected chi connectivity index (χ2v) is 7.73. The van der Waals surface area contributed by atoms with Gasteiger partial charge in [0.15, 0.2) is 11.5 Å². The predicted molar refractivity (Wildman–Crippen MR) is 140 cm³/mol. The number of carbonyl (C=O) groups excluding carboxylic acids is 1. The van der Waals surface area contributed by atoms with E-state index in [1.807, 2.05) is 6.07 Å². The molecule has 0 aliphatic rings. The lowest BCUT2D eigenvalue weighted by Crippen LogP contribution is -2.35. The zero-order chi connectivity index (χ0) is 25.4. The van der Waals surface area contributed by atoms with Crippen molar-refractivity contribution >= 4 is 24.0 Å². The summed E-state index contributed by atoms with van der Waals surface area (Å²) in [6, 6.07) is 8.26. The van der Waals surface area contributed by atoms with Crippen LogP contribution in [0.5, 0.6) is 23.0 Å². The Morgan fingerprint density at radius 1 is 0.917 bits per heavy atom. The normalized spacial score (nSPS) is 11.3. The molecule has 2 aromatic carbocycles. The number of nitrogens with zero attached hydrogens (tertiary/aromatic N) is 2. The van der Waals surface area contributed by atoms with Crippen molar-refractivity contribution in [3.05, 3.63) is 30.3 Å². The maximum atomic E-state index is 12.7. The molecule has 1 aromatic heterocycles. The van der Waals surface area contributed by atoms with Crippen LogP contribution in [-0.4, -0.2) is 62.3 Å². The Kier molecular flexibility index (Phi) is 10.8. The van der Waals surface area contributed by atoms with E-state index in [1.165, 1.54) is 7.11 Å². The van der Waals surface area contributed by atoms with Crippen LogP contribution in [0.3, 0.4) is 0 Å². The van der Waals surface area contributed by atoms with E-state index in [-0.39, 0.29) is 18.3 Å². The molecule has 6 N–H and O–H groups in total. The Labute approximate surface area is 216 Å². The monoisotopic (exact) mass is 520 g/mol. The molecule has 0 bridgehead atoms. The standard InChI is InChI=1S/C24H32N6O5.ClH/c1-32-18-9-8-14(11-17(18)27-24(31)16(26)7-5-6-10-25)21-22(29-30-28-21)15-12-19(33-2)23(35-4)20(13-15)34-3;/h8-9,11-13,16H,5-7,10,25-26H2,1-4H3,(H,27,31)(H,28,29,30);1H. The molecule has 196 valence electrons. The lowest BCUT2D eigenvalue weighted by molar-refractivity contribution is -0.117. The van der Waals surface area contributed by atoms with Crippen molar-refractivity contribution in [2.24, 2.45) is 11.5 Å². The number of aromatic nitrogens is 3. The maximum Gasteiger partial charge on any atom is 0.241 e. The summed E-state index contributed by atoms with van der Waals surface area (Å²) < 4.78 is 21.8. The van der Waals surface area contributed by atoms with Crippen LogP contribution in [0.1, 0.15) is 19.3 Å². The van der Waals surface area contributed by atoms with Crippen LogP contribution in [0.25, 0.3) is 22.5 Å². The fraction of sp³-hybridized carbons (Fsp3) is 0.375. The molecule has 0 aliphatic heterocycles. The van der Waals surface area contributed by atoms with Gasteiger partial charge in [-0.05, 0) is 49.7 Å². The second kappa shape index (κ2) is 13.5. The van der Waals surface area contributed by atoms with Crippen molar-refractivity contribution in [3.63, 3.8) is 0 Å². The van der Waals surface area contributed by atoms with E-state index in [2.05, 4.69) is 20.7 Å². The Hall–Kier alpha value is -3.54. The van der Waals surface area contributed by atoms with Crippen molar-refractivity contribution in [1.29, 1.82) is 0 Å². The van der Waals surface area contributed by atoms with E-state index in [4.69, 9.17) is 30.4 Å². The third-order valence-electron chi connectivity index (χ3n) is 5.52. The first kappa shape index (κ1) is 28.7. The number of benzene rings is 2. The van der Waals surface area contributed by atoms with Crippen molar-refractivity contribution in [2.75, 3.05) is 40.3 Å². The Bertz CT molecular complexity index is 1130. The van der Waals surface area contributed by atoms with E-state index < -0.39 is 6.04 Å². The second-order valence-electron chi connectivity index (χ2n) is 7.73. The third kappa shape index (κ3) is 6.36. The molecule has 1 heterocycles. The average molecular weight is 521 g/mol. The van der Waals surface area contributed by atoms with Crippen LogP contribution in [-0.2, 0) is 4.79 Å². The number of nitrogens with one attached hydrogen (secondary N) is 2. The smallest absolute Gasteiger partial charge is 0.241 e. The SMILES string of the molecule is COc1ccc(-c2n[nH]nc2-c2cc(OC)c(OC)c(OC)c2)cc1NC(=O)C(N)CCCCN.Cl. The molecule has 0 spiro atoms. The molecule has 1 atom stereocenters. The van der Waals surface area contributed by atoms with Gasteiger partial charge in [0.25, 0.3) is 0 Å². The van der Waals surface area contributed by atoms with Gasteiger partial charge in [-0.2, -0.15) is 15.4 Å². The summed E-state index contributed by atoms with van der Waals surface area (Å²) in [7, 11) is 6.16. The molecule has 0 radical (unpaired) electrons. The van der Waals surface area contributed by atoms with Gasteiger partial charge < -0.3 is 35.7 Å². The number of halogens is 1. The van der Waals surface area contributed by atoms with Gasteiger partial charge in [0.1, 0.15) is 17.1 Å². The lowest BCUT2D eigenvalue weighted by Gasteiger charge is -2.16. The highest BCUT2D eigenvalue weighted by atomic mass is 35.5. The van der Waals surface area contributed by atoms with Gasteiger partial charge in [-0.3, -0.25) is 4.79 Å².